The quantitative estimate of drug-likeness (QED) is 0.398. The summed E-state index contributed by atoms with van der Waals surface area (Å²) < 4.78 is 7.64. The Balaban J connectivity index is 1.70. The van der Waals surface area contributed by atoms with Crippen molar-refractivity contribution in [3.05, 3.63) is 113 Å². The lowest BCUT2D eigenvalue weighted by atomic mass is 10.1. The number of amides is 1. The van der Waals surface area contributed by atoms with Gasteiger partial charge in [0.05, 0.1) is 18.3 Å². The predicted octanol–water partition coefficient (Wildman–Crippen LogP) is 4.90. The maximum Gasteiger partial charge on any atom is 0.275 e. The van der Waals surface area contributed by atoms with Crippen LogP contribution >= 0.6 is 0 Å². The standard InChI is InChI=1S/C28H27N3O3/c1-20(29-2)27(32)30-25-16-17-26(22-11-5-3-6-12-22)31(28(25)33)19-21-10-9-15-24(18-21)34-23-13-7-4-8-14-23/h3-18,20,29H,19H2,1-2H3,(H,30,32). The minimum absolute atomic E-state index is 0.239. The van der Waals surface area contributed by atoms with E-state index in [4.69, 9.17) is 4.74 Å². The van der Waals surface area contributed by atoms with Crippen molar-refractivity contribution in [2.45, 2.75) is 19.5 Å². The molecule has 1 heterocycles. The van der Waals surface area contributed by atoms with Gasteiger partial charge in [-0.2, -0.15) is 0 Å². The van der Waals surface area contributed by atoms with E-state index >= 15 is 0 Å². The zero-order chi connectivity index (χ0) is 23.9. The first kappa shape index (κ1) is 23.0. The Morgan fingerprint density at radius 3 is 2.26 bits per heavy atom. The van der Waals surface area contributed by atoms with Crippen LogP contribution in [0.25, 0.3) is 11.3 Å². The Hall–Kier alpha value is -4.16. The van der Waals surface area contributed by atoms with Gasteiger partial charge in [-0.15, -0.1) is 0 Å². The van der Waals surface area contributed by atoms with Gasteiger partial charge in [0.1, 0.15) is 17.2 Å². The number of likely N-dealkylation sites (N-methyl/N-ethyl adjacent to an activating group) is 1. The van der Waals surface area contributed by atoms with Crippen molar-refractivity contribution in [3.63, 3.8) is 0 Å². The summed E-state index contributed by atoms with van der Waals surface area (Å²) in [5.74, 6) is 1.16. The lowest BCUT2D eigenvalue weighted by Gasteiger charge is -2.17. The van der Waals surface area contributed by atoms with Gasteiger partial charge < -0.3 is 19.9 Å². The SMILES string of the molecule is CNC(C)C(=O)Nc1ccc(-c2ccccc2)n(Cc2cccc(Oc3ccccc3)c2)c1=O. The third-order valence-electron chi connectivity index (χ3n) is 5.55. The summed E-state index contributed by atoms with van der Waals surface area (Å²) in [5.41, 5.74) is 2.55. The lowest BCUT2D eigenvalue weighted by molar-refractivity contribution is -0.117. The minimum Gasteiger partial charge on any atom is -0.457 e. The number of ether oxygens (including phenoxy) is 1. The van der Waals surface area contributed by atoms with Crippen molar-refractivity contribution < 1.29 is 9.53 Å². The highest BCUT2D eigenvalue weighted by Crippen LogP contribution is 2.24. The summed E-state index contributed by atoms with van der Waals surface area (Å²) in [5, 5.41) is 5.64. The largest absolute Gasteiger partial charge is 0.457 e. The van der Waals surface area contributed by atoms with Gasteiger partial charge in [0, 0.05) is 0 Å². The highest BCUT2D eigenvalue weighted by molar-refractivity contribution is 5.94. The monoisotopic (exact) mass is 453 g/mol. The molecule has 1 aromatic heterocycles. The molecule has 4 aromatic rings. The number of pyridine rings is 1. The fourth-order valence-electron chi connectivity index (χ4n) is 3.58. The van der Waals surface area contributed by atoms with Gasteiger partial charge in [0.15, 0.2) is 0 Å². The molecule has 1 atom stereocenters. The number of carbonyl (C=O) groups is 1. The molecule has 1 amide bonds. The highest BCUT2D eigenvalue weighted by Gasteiger charge is 2.16. The molecule has 0 saturated heterocycles. The Morgan fingerprint density at radius 1 is 0.882 bits per heavy atom. The third-order valence-corrected chi connectivity index (χ3v) is 5.55. The normalized spacial score (nSPS) is 11.6. The molecule has 1 unspecified atom stereocenters. The van der Waals surface area contributed by atoms with Crippen molar-refractivity contribution in [3.8, 4) is 22.8 Å². The number of anilines is 1. The fourth-order valence-corrected chi connectivity index (χ4v) is 3.58. The smallest absolute Gasteiger partial charge is 0.275 e. The van der Waals surface area contributed by atoms with Crippen LogP contribution in [0, 0.1) is 0 Å². The van der Waals surface area contributed by atoms with Crippen LogP contribution in [0.2, 0.25) is 0 Å². The van der Waals surface area contributed by atoms with Crippen LogP contribution < -0.4 is 20.9 Å². The van der Waals surface area contributed by atoms with Gasteiger partial charge in [-0.05, 0) is 61.5 Å². The average molecular weight is 454 g/mol. The molecule has 3 aromatic carbocycles. The Morgan fingerprint density at radius 2 is 1.56 bits per heavy atom. The Labute approximate surface area is 198 Å². The third kappa shape index (κ3) is 5.42. The maximum atomic E-state index is 13.5. The number of hydrogen-bond donors (Lipinski definition) is 2. The lowest BCUT2D eigenvalue weighted by Crippen LogP contribution is -2.37. The van der Waals surface area contributed by atoms with Gasteiger partial charge in [-0.3, -0.25) is 9.59 Å². The van der Waals surface area contributed by atoms with Crippen LogP contribution in [0.15, 0.2) is 102 Å². The van der Waals surface area contributed by atoms with E-state index in [1.165, 1.54) is 0 Å². The molecule has 2 N–H and O–H groups in total. The summed E-state index contributed by atoms with van der Waals surface area (Å²) in [6, 6.07) is 30.0. The second-order valence-electron chi connectivity index (χ2n) is 7.95. The van der Waals surface area contributed by atoms with Crippen molar-refractivity contribution >= 4 is 11.6 Å². The molecule has 4 rings (SSSR count). The molecule has 0 saturated carbocycles. The van der Waals surface area contributed by atoms with Crippen molar-refractivity contribution in [2.75, 3.05) is 12.4 Å². The van der Waals surface area contributed by atoms with Crippen molar-refractivity contribution in [2.24, 2.45) is 0 Å². The molecule has 0 aliphatic heterocycles. The Kier molecular flexibility index (Phi) is 7.20. The molecule has 34 heavy (non-hydrogen) atoms. The summed E-state index contributed by atoms with van der Waals surface area (Å²) >= 11 is 0. The van der Waals surface area contributed by atoms with E-state index in [-0.39, 0.29) is 17.2 Å². The number of benzene rings is 3. The minimum atomic E-state index is -0.423. The highest BCUT2D eigenvalue weighted by atomic mass is 16.5. The second-order valence-corrected chi connectivity index (χ2v) is 7.95. The zero-order valence-corrected chi connectivity index (χ0v) is 19.2. The van der Waals surface area contributed by atoms with Crippen LogP contribution in [-0.4, -0.2) is 23.6 Å². The van der Waals surface area contributed by atoms with Crippen LogP contribution in [0.1, 0.15) is 12.5 Å². The fraction of sp³-hybridized carbons (Fsp3) is 0.143. The van der Waals surface area contributed by atoms with E-state index in [1.807, 2.05) is 91.0 Å². The maximum absolute atomic E-state index is 13.5. The summed E-state index contributed by atoms with van der Waals surface area (Å²) in [7, 11) is 1.70. The topological polar surface area (TPSA) is 72.4 Å². The summed E-state index contributed by atoms with van der Waals surface area (Å²) in [4.78, 5) is 25.9. The summed E-state index contributed by atoms with van der Waals surface area (Å²) in [6.45, 7) is 2.06. The molecule has 6 nitrogen and oxygen atoms in total. The molecule has 0 spiro atoms. The number of hydrogen-bond acceptors (Lipinski definition) is 4. The molecule has 6 heteroatoms. The van der Waals surface area contributed by atoms with Gasteiger partial charge in [-0.1, -0.05) is 60.7 Å². The van der Waals surface area contributed by atoms with Gasteiger partial charge in [-0.25, -0.2) is 0 Å². The van der Waals surface area contributed by atoms with E-state index in [0.717, 1.165) is 22.6 Å². The molecule has 0 bridgehead atoms. The van der Waals surface area contributed by atoms with Crippen molar-refractivity contribution in [1.82, 2.24) is 9.88 Å². The van der Waals surface area contributed by atoms with Crippen LogP contribution in [-0.2, 0) is 11.3 Å². The van der Waals surface area contributed by atoms with E-state index in [9.17, 15) is 9.59 Å². The van der Waals surface area contributed by atoms with Gasteiger partial charge >= 0.3 is 0 Å². The predicted molar refractivity (Wildman–Crippen MR) is 135 cm³/mol. The molecular weight excluding hydrogens is 426 g/mol. The van der Waals surface area contributed by atoms with Gasteiger partial charge in [0.2, 0.25) is 5.91 Å². The van der Waals surface area contributed by atoms with Crippen LogP contribution in [0.3, 0.4) is 0 Å². The first-order chi connectivity index (χ1) is 16.5. The number of nitrogens with one attached hydrogen (secondary N) is 2. The molecular formula is C28H27N3O3. The number of aromatic nitrogens is 1. The first-order valence-electron chi connectivity index (χ1n) is 11.1. The number of rotatable bonds is 8. The van der Waals surface area contributed by atoms with E-state index < -0.39 is 6.04 Å². The number of carbonyl (C=O) groups excluding carboxylic acids is 1. The van der Waals surface area contributed by atoms with Gasteiger partial charge in [0.25, 0.3) is 5.56 Å². The van der Waals surface area contributed by atoms with E-state index in [0.29, 0.717) is 12.3 Å². The van der Waals surface area contributed by atoms with E-state index in [1.54, 1.807) is 24.6 Å². The van der Waals surface area contributed by atoms with Crippen molar-refractivity contribution in [1.29, 1.82) is 0 Å². The van der Waals surface area contributed by atoms with E-state index in [2.05, 4.69) is 10.6 Å². The second kappa shape index (κ2) is 10.6. The molecule has 172 valence electrons. The number of nitrogens with zero attached hydrogens (tertiary/aromatic N) is 1. The average Bonchev–Trinajstić information content (AvgIpc) is 2.87. The Bertz CT molecular complexity index is 1320. The molecule has 0 aliphatic carbocycles. The first-order valence-corrected chi connectivity index (χ1v) is 11.1. The zero-order valence-electron chi connectivity index (χ0n) is 19.2. The molecule has 0 aliphatic rings. The van der Waals surface area contributed by atoms with Crippen LogP contribution in [0.5, 0.6) is 11.5 Å². The summed E-state index contributed by atoms with van der Waals surface area (Å²) in [6.07, 6.45) is 0. The molecule has 0 radical (unpaired) electrons. The molecule has 0 fully saturated rings. The van der Waals surface area contributed by atoms with Crippen LogP contribution in [0.4, 0.5) is 5.69 Å². The number of para-hydroxylation sites is 1.